The summed E-state index contributed by atoms with van der Waals surface area (Å²) in [5.41, 5.74) is 18.2. The number of nitrogens with zero attached hydrogens (tertiary/aromatic N) is 1. The van der Waals surface area contributed by atoms with Crippen LogP contribution in [0.25, 0.3) is 55.3 Å². The molecule has 0 aromatic heterocycles. The van der Waals surface area contributed by atoms with Crippen LogP contribution in [0, 0.1) is 0 Å². The highest BCUT2D eigenvalue weighted by atomic mass is 15.1. The predicted octanol–water partition coefficient (Wildman–Crippen LogP) is 14.0. The molecule has 0 heterocycles. The van der Waals surface area contributed by atoms with Crippen LogP contribution < -0.4 is 4.90 Å². The van der Waals surface area contributed by atoms with Gasteiger partial charge in [0.05, 0.1) is 11.1 Å². The molecule has 11 rings (SSSR count). The maximum absolute atomic E-state index is 2.49. The molecule has 0 fully saturated rings. The van der Waals surface area contributed by atoms with E-state index in [1.165, 1.54) is 77.5 Å². The molecule has 0 amide bonds. The highest BCUT2D eigenvalue weighted by Gasteiger charge is 2.49. The van der Waals surface area contributed by atoms with Crippen LogP contribution in [-0.4, -0.2) is 0 Å². The lowest BCUT2D eigenvalue weighted by molar-refractivity contribution is 0.775. The van der Waals surface area contributed by atoms with E-state index in [-0.39, 0.29) is 0 Å². The maximum Gasteiger partial charge on any atom is 0.0726 e. The Labute approximate surface area is 316 Å². The number of hydrogen-bond acceptors (Lipinski definition) is 1. The Bertz CT molecular complexity index is 2810. The summed E-state index contributed by atoms with van der Waals surface area (Å²) in [5.74, 6) is 0. The van der Waals surface area contributed by atoms with Gasteiger partial charge >= 0.3 is 0 Å². The van der Waals surface area contributed by atoms with Crippen LogP contribution in [0.5, 0.6) is 0 Å². The Morgan fingerprint density at radius 1 is 0.296 bits per heavy atom. The van der Waals surface area contributed by atoms with Gasteiger partial charge in [0.15, 0.2) is 0 Å². The molecule has 0 saturated carbocycles. The Morgan fingerprint density at radius 3 is 1.41 bits per heavy atom. The van der Waals surface area contributed by atoms with E-state index in [4.69, 9.17) is 0 Å². The molecule has 1 nitrogen and oxygen atoms in total. The summed E-state index contributed by atoms with van der Waals surface area (Å²) in [4.78, 5) is 2.46. The maximum atomic E-state index is 2.49. The molecule has 0 atom stereocenters. The normalized spacial score (nSPS) is 13.0. The van der Waals surface area contributed by atoms with Gasteiger partial charge in [0.25, 0.3) is 0 Å². The van der Waals surface area contributed by atoms with E-state index in [2.05, 4.69) is 217 Å². The zero-order valence-electron chi connectivity index (χ0n) is 29.7. The summed E-state index contributed by atoms with van der Waals surface area (Å²) < 4.78 is 0. The van der Waals surface area contributed by atoms with Gasteiger partial charge in [0, 0.05) is 16.8 Å². The Kier molecular flexibility index (Phi) is 6.84. The van der Waals surface area contributed by atoms with Crippen LogP contribution in [0.3, 0.4) is 0 Å². The zero-order chi connectivity index (χ0) is 35.6. The lowest BCUT2D eigenvalue weighted by atomic mass is 9.66. The first kappa shape index (κ1) is 30.6. The lowest BCUT2D eigenvalue weighted by Crippen LogP contribution is -2.29. The van der Waals surface area contributed by atoms with Gasteiger partial charge in [-0.05, 0) is 102 Å². The van der Waals surface area contributed by atoms with Crippen molar-refractivity contribution in [2.75, 3.05) is 4.90 Å². The van der Waals surface area contributed by atoms with Gasteiger partial charge in [-0.3, -0.25) is 0 Å². The minimum Gasteiger partial charge on any atom is -0.310 e. The molecule has 2 aliphatic rings. The summed E-state index contributed by atoms with van der Waals surface area (Å²) in [6.45, 7) is 0. The largest absolute Gasteiger partial charge is 0.310 e. The second-order valence-corrected chi connectivity index (χ2v) is 14.4. The highest BCUT2D eigenvalue weighted by Crippen LogP contribution is 2.62. The fourth-order valence-electron chi connectivity index (χ4n) is 9.44. The fraction of sp³-hybridized carbons (Fsp3) is 0.0189. The molecule has 0 aliphatic heterocycles. The summed E-state index contributed by atoms with van der Waals surface area (Å²) in [5, 5.41) is 2.43. The average molecular weight is 686 g/mol. The van der Waals surface area contributed by atoms with Crippen LogP contribution >= 0.6 is 0 Å². The number of anilines is 3. The molecule has 54 heavy (non-hydrogen) atoms. The van der Waals surface area contributed by atoms with Crippen molar-refractivity contribution in [2.24, 2.45) is 0 Å². The molecule has 2 aliphatic carbocycles. The fourth-order valence-corrected chi connectivity index (χ4v) is 9.44. The van der Waals surface area contributed by atoms with Gasteiger partial charge < -0.3 is 4.90 Å². The van der Waals surface area contributed by atoms with Gasteiger partial charge in [-0.25, -0.2) is 0 Å². The van der Waals surface area contributed by atoms with Gasteiger partial charge in [0.2, 0.25) is 0 Å². The summed E-state index contributed by atoms with van der Waals surface area (Å²) >= 11 is 0. The first-order valence-corrected chi connectivity index (χ1v) is 18.8. The van der Waals surface area contributed by atoms with Crippen molar-refractivity contribution in [2.45, 2.75) is 5.41 Å². The van der Waals surface area contributed by atoms with Gasteiger partial charge in [0.1, 0.15) is 0 Å². The standard InChI is InChI=1S/C53H35N/c1-2-15-36(16-3-1)37-29-31-39(32-30-37)54(52-28-14-18-38-17-4-5-19-41(38)52)40-33-34-47-46-24-10-13-27-50(46)53(51(47)35-40)48-25-11-8-22-44(48)42-20-6-7-21-43(42)45-23-9-12-26-49(45)53/h1-35H. The SMILES string of the molecule is c1ccc(-c2ccc(N(c3ccc4c(c3)C3(c5ccccc5-c5ccccc5-c5ccccc53)c3ccccc3-4)c3cccc4ccccc34)cc2)cc1. The average Bonchev–Trinajstić information content (AvgIpc) is 3.48. The third kappa shape index (κ3) is 4.39. The molecule has 0 unspecified atom stereocenters. The second kappa shape index (κ2) is 12.0. The third-order valence-corrected chi connectivity index (χ3v) is 11.7. The van der Waals surface area contributed by atoms with Crippen molar-refractivity contribution in [3.8, 4) is 44.5 Å². The number of fused-ring (bicyclic) bond motifs is 13. The second-order valence-electron chi connectivity index (χ2n) is 14.4. The van der Waals surface area contributed by atoms with Crippen LogP contribution in [0.2, 0.25) is 0 Å². The predicted molar refractivity (Wildman–Crippen MR) is 226 cm³/mol. The molecule has 252 valence electrons. The summed E-state index contributed by atoms with van der Waals surface area (Å²) in [6.07, 6.45) is 0. The zero-order valence-corrected chi connectivity index (χ0v) is 29.7. The minimum absolute atomic E-state index is 0.546. The molecule has 9 aromatic carbocycles. The molecule has 9 aromatic rings. The van der Waals surface area contributed by atoms with Crippen molar-refractivity contribution in [3.05, 3.63) is 235 Å². The topological polar surface area (TPSA) is 3.24 Å². The van der Waals surface area contributed by atoms with Gasteiger partial charge in [-0.15, -0.1) is 0 Å². The number of benzene rings is 9. The lowest BCUT2D eigenvalue weighted by Gasteiger charge is -2.36. The highest BCUT2D eigenvalue weighted by molar-refractivity contribution is 6.01. The van der Waals surface area contributed by atoms with Crippen LogP contribution in [0.1, 0.15) is 22.3 Å². The monoisotopic (exact) mass is 685 g/mol. The molecular weight excluding hydrogens is 651 g/mol. The van der Waals surface area contributed by atoms with Crippen LogP contribution in [-0.2, 0) is 5.41 Å². The Morgan fingerprint density at radius 2 is 0.759 bits per heavy atom. The number of hydrogen-bond donors (Lipinski definition) is 0. The minimum atomic E-state index is -0.546. The molecule has 0 radical (unpaired) electrons. The van der Waals surface area contributed by atoms with Crippen LogP contribution in [0.15, 0.2) is 212 Å². The van der Waals surface area contributed by atoms with Crippen molar-refractivity contribution >= 4 is 27.8 Å². The summed E-state index contributed by atoms with van der Waals surface area (Å²) in [7, 11) is 0. The Balaban J connectivity index is 1.22. The third-order valence-electron chi connectivity index (χ3n) is 11.7. The van der Waals surface area contributed by atoms with Gasteiger partial charge in [-0.2, -0.15) is 0 Å². The van der Waals surface area contributed by atoms with E-state index in [9.17, 15) is 0 Å². The van der Waals surface area contributed by atoms with E-state index in [0.29, 0.717) is 0 Å². The van der Waals surface area contributed by atoms with Crippen molar-refractivity contribution in [1.29, 1.82) is 0 Å². The summed E-state index contributed by atoms with van der Waals surface area (Å²) in [6, 6.07) is 78.5. The van der Waals surface area contributed by atoms with Crippen molar-refractivity contribution in [3.63, 3.8) is 0 Å². The quantitative estimate of drug-likeness (QED) is 0.178. The molecule has 0 saturated heterocycles. The number of rotatable bonds is 4. The van der Waals surface area contributed by atoms with E-state index < -0.39 is 5.41 Å². The molecule has 0 bridgehead atoms. The van der Waals surface area contributed by atoms with E-state index >= 15 is 0 Å². The molecular formula is C53H35N. The van der Waals surface area contributed by atoms with E-state index in [0.717, 1.165) is 17.1 Å². The smallest absolute Gasteiger partial charge is 0.0726 e. The molecule has 1 heteroatoms. The molecule has 0 N–H and O–H groups in total. The molecule has 1 spiro atoms. The van der Waals surface area contributed by atoms with E-state index in [1.54, 1.807) is 0 Å². The van der Waals surface area contributed by atoms with Gasteiger partial charge in [-0.1, -0.05) is 182 Å². The Hall–Kier alpha value is -6.96. The first-order valence-electron chi connectivity index (χ1n) is 18.8. The first-order chi connectivity index (χ1) is 26.8. The van der Waals surface area contributed by atoms with Crippen molar-refractivity contribution < 1.29 is 0 Å². The van der Waals surface area contributed by atoms with Crippen molar-refractivity contribution in [1.82, 2.24) is 0 Å². The van der Waals surface area contributed by atoms with Crippen LogP contribution in [0.4, 0.5) is 17.1 Å². The van der Waals surface area contributed by atoms with E-state index in [1.807, 2.05) is 0 Å².